The molecule has 0 saturated carbocycles. The maximum Gasteiger partial charge on any atom is 0.363 e. The van der Waals surface area contributed by atoms with Crippen LogP contribution in [0, 0.1) is 0 Å². The van der Waals surface area contributed by atoms with Crippen LogP contribution in [0.4, 0.5) is 0 Å². The van der Waals surface area contributed by atoms with E-state index in [-0.39, 0.29) is 24.0 Å². The summed E-state index contributed by atoms with van der Waals surface area (Å²) in [6, 6.07) is 8.62. The lowest BCUT2D eigenvalue weighted by Gasteiger charge is -2.06. The fourth-order valence-corrected chi connectivity index (χ4v) is 1.65. The van der Waals surface area contributed by atoms with Crippen molar-refractivity contribution in [3.8, 4) is 0 Å². The van der Waals surface area contributed by atoms with Gasteiger partial charge in [0.1, 0.15) is 0 Å². The predicted octanol–water partition coefficient (Wildman–Crippen LogP) is 0.337. The first-order valence-corrected chi connectivity index (χ1v) is 6.14. The van der Waals surface area contributed by atoms with Crippen LogP contribution >= 0.6 is 0 Å². The summed E-state index contributed by atoms with van der Waals surface area (Å²) >= 11 is 0. The van der Waals surface area contributed by atoms with E-state index in [1.807, 2.05) is 18.2 Å². The molecule has 2 rings (SSSR count). The molecule has 104 valence electrons. The minimum atomic E-state index is -0.540. The second kappa shape index (κ2) is 6.12. The molecule has 0 bridgehead atoms. The normalized spacial score (nSPS) is 17.6. The predicted molar refractivity (Wildman–Crippen MR) is 73.8 cm³/mol. The molecule has 0 aromatic heterocycles. The summed E-state index contributed by atoms with van der Waals surface area (Å²) in [5, 5.41) is 2.57. The SMILES string of the molecule is CC(=O)NCC(N)/C=C1\N=C(c2ccccc2)OC1=O. The number of nitrogens with two attached hydrogens (primary N) is 1. The van der Waals surface area contributed by atoms with Crippen molar-refractivity contribution >= 4 is 17.8 Å². The third-order valence-electron chi connectivity index (χ3n) is 2.60. The van der Waals surface area contributed by atoms with E-state index in [0.717, 1.165) is 5.56 Å². The van der Waals surface area contributed by atoms with Gasteiger partial charge in [0.15, 0.2) is 5.70 Å². The van der Waals surface area contributed by atoms with E-state index in [2.05, 4.69) is 10.3 Å². The van der Waals surface area contributed by atoms with Gasteiger partial charge >= 0.3 is 5.97 Å². The van der Waals surface area contributed by atoms with Crippen LogP contribution < -0.4 is 11.1 Å². The molecule has 1 aliphatic heterocycles. The zero-order chi connectivity index (χ0) is 14.5. The van der Waals surface area contributed by atoms with E-state index >= 15 is 0 Å². The number of nitrogens with zero attached hydrogens (tertiary/aromatic N) is 1. The number of ether oxygens (including phenoxy) is 1. The molecule has 0 saturated heterocycles. The molecule has 0 radical (unpaired) electrons. The van der Waals surface area contributed by atoms with Crippen molar-refractivity contribution in [2.75, 3.05) is 6.54 Å². The lowest BCUT2D eigenvalue weighted by molar-refractivity contribution is -0.130. The maximum absolute atomic E-state index is 11.7. The Morgan fingerprint density at radius 3 is 2.80 bits per heavy atom. The van der Waals surface area contributed by atoms with Crippen LogP contribution in [0.2, 0.25) is 0 Å². The van der Waals surface area contributed by atoms with Gasteiger partial charge in [0.05, 0.1) is 0 Å². The highest BCUT2D eigenvalue weighted by molar-refractivity contribution is 6.11. The highest BCUT2D eigenvalue weighted by atomic mass is 16.6. The number of benzene rings is 1. The zero-order valence-corrected chi connectivity index (χ0v) is 11.0. The van der Waals surface area contributed by atoms with Crippen LogP contribution in [-0.4, -0.2) is 30.4 Å². The Labute approximate surface area is 116 Å². The first-order valence-electron chi connectivity index (χ1n) is 6.14. The van der Waals surface area contributed by atoms with Gasteiger partial charge in [-0.2, -0.15) is 0 Å². The Hall–Kier alpha value is -2.47. The lowest BCUT2D eigenvalue weighted by atomic mass is 10.2. The quantitative estimate of drug-likeness (QED) is 0.611. The summed E-state index contributed by atoms with van der Waals surface area (Å²) in [4.78, 5) is 26.6. The van der Waals surface area contributed by atoms with Crippen LogP contribution in [0.3, 0.4) is 0 Å². The van der Waals surface area contributed by atoms with Crippen LogP contribution in [0.15, 0.2) is 47.1 Å². The number of hydrogen-bond acceptors (Lipinski definition) is 5. The van der Waals surface area contributed by atoms with Gasteiger partial charge in [-0.1, -0.05) is 18.2 Å². The molecule has 20 heavy (non-hydrogen) atoms. The van der Waals surface area contributed by atoms with Gasteiger partial charge in [-0.25, -0.2) is 9.79 Å². The summed E-state index contributed by atoms with van der Waals surface area (Å²) in [5.41, 5.74) is 6.66. The molecule has 6 nitrogen and oxygen atoms in total. The number of cyclic esters (lactones) is 1. The van der Waals surface area contributed by atoms with E-state index in [0.29, 0.717) is 0 Å². The van der Waals surface area contributed by atoms with Gasteiger partial charge in [0, 0.05) is 25.1 Å². The van der Waals surface area contributed by atoms with Crippen molar-refractivity contribution in [2.45, 2.75) is 13.0 Å². The smallest absolute Gasteiger partial charge is 0.363 e. The van der Waals surface area contributed by atoms with E-state index in [9.17, 15) is 9.59 Å². The topological polar surface area (TPSA) is 93.8 Å². The monoisotopic (exact) mass is 273 g/mol. The Kier molecular flexibility index (Phi) is 4.27. The van der Waals surface area contributed by atoms with Crippen molar-refractivity contribution in [1.82, 2.24) is 5.32 Å². The fourth-order valence-electron chi connectivity index (χ4n) is 1.65. The van der Waals surface area contributed by atoms with E-state index in [1.54, 1.807) is 12.1 Å². The van der Waals surface area contributed by atoms with Gasteiger partial charge in [0.25, 0.3) is 0 Å². The molecule has 1 aromatic carbocycles. The van der Waals surface area contributed by atoms with Gasteiger partial charge in [-0.15, -0.1) is 0 Å². The molecule has 0 fully saturated rings. The number of hydrogen-bond donors (Lipinski definition) is 2. The highest BCUT2D eigenvalue weighted by Gasteiger charge is 2.24. The molecule has 1 unspecified atom stereocenters. The van der Waals surface area contributed by atoms with Crippen molar-refractivity contribution in [1.29, 1.82) is 0 Å². The molecule has 1 aromatic rings. The van der Waals surface area contributed by atoms with Gasteiger partial charge < -0.3 is 15.8 Å². The third kappa shape index (κ3) is 3.52. The summed E-state index contributed by atoms with van der Waals surface area (Å²) in [7, 11) is 0. The third-order valence-corrected chi connectivity index (χ3v) is 2.60. The maximum atomic E-state index is 11.7. The largest absolute Gasteiger partial charge is 0.402 e. The number of amides is 1. The summed E-state index contributed by atoms with van der Waals surface area (Å²) in [6.45, 7) is 1.64. The van der Waals surface area contributed by atoms with Crippen molar-refractivity contribution in [3.05, 3.63) is 47.7 Å². The van der Waals surface area contributed by atoms with Gasteiger partial charge in [-0.05, 0) is 18.2 Å². The van der Waals surface area contributed by atoms with E-state index in [1.165, 1.54) is 13.0 Å². The van der Waals surface area contributed by atoms with E-state index < -0.39 is 12.0 Å². The number of esters is 1. The highest BCUT2D eigenvalue weighted by Crippen LogP contribution is 2.16. The first-order chi connectivity index (χ1) is 9.56. The minimum absolute atomic E-state index is 0.154. The Balaban J connectivity index is 2.10. The number of carbonyl (C=O) groups excluding carboxylic acids is 2. The van der Waals surface area contributed by atoms with Crippen LogP contribution in [0.5, 0.6) is 0 Å². The zero-order valence-electron chi connectivity index (χ0n) is 11.0. The number of nitrogens with one attached hydrogen (secondary N) is 1. The summed E-state index contributed by atoms with van der Waals surface area (Å²) < 4.78 is 5.09. The molecular weight excluding hydrogens is 258 g/mol. The summed E-state index contributed by atoms with van der Waals surface area (Å²) in [5.74, 6) is -0.461. The number of aliphatic imine (C=N–C) groups is 1. The lowest BCUT2D eigenvalue weighted by Crippen LogP contribution is -2.35. The standard InChI is InChI=1S/C14H15N3O3/c1-9(18)16-8-11(15)7-12-14(19)20-13(17-12)10-5-3-2-4-6-10/h2-7,11H,8,15H2,1H3,(H,16,18)/b12-7-. The molecule has 1 heterocycles. The van der Waals surface area contributed by atoms with Crippen LogP contribution in [0.1, 0.15) is 12.5 Å². The Morgan fingerprint density at radius 2 is 2.15 bits per heavy atom. The molecular formula is C14H15N3O3. The van der Waals surface area contributed by atoms with Gasteiger partial charge in [0.2, 0.25) is 11.8 Å². The average Bonchev–Trinajstić information content (AvgIpc) is 2.79. The fraction of sp³-hybridized carbons (Fsp3) is 0.214. The van der Waals surface area contributed by atoms with Crippen LogP contribution in [-0.2, 0) is 14.3 Å². The van der Waals surface area contributed by atoms with Crippen LogP contribution in [0.25, 0.3) is 0 Å². The molecule has 3 N–H and O–H groups in total. The number of rotatable bonds is 4. The van der Waals surface area contributed by atoms with Crippen molar-refractivity contribution in [3.63, 3.8) is 0 Å². The molecule has 0 spiro atoms. The Morgan fingerprint density at radius 1 is 1.45 bits per heavy atom. The number of carbonyl (C=O) groups is 2. The molecule has 1 atom stereocenters. The molecule has 1 amide bonds. The van der Waals surface area contributed by atoms with E-state index in [4.69, 9.17) is 10.5 Å². The average molecular weight is 273 g/mol. The molecule has 0 aliphatic carbocycles. The first kappa shape index (κ1) is 14.0. The molecule has 6 heteroatoms. The summed E-state index contributed by atoms with van der Waals surface area (Å²) in [6.07, 6.45) is 1.48. The van der Waals surface area contributed by atoms with Crippen molar-refractivity contribution < 1.29 is 14.3 Å². The minimum Gasteiger partial charge on any atom is -0.402 e. The van der Waals surface area contributed by atoms with Crippen molar-refractivity contribution in [2.24, 2.45) is 10.7 Å². The molecule has 1 aliphatic rings. The Bertz CT molecular complexity index is 579. The second-order valence-electron chi connectivity index (χ2n) is 4.33. The van der Waals surface area contributed by atoms with Gasteiger partial charge in [-0.3, -0.25) is 4.79 Å². The second-order valence-corrected chi connectivity index (χ2v) is 4.33.